The van der Waals surface area contributed by atoms with Gasteiger partial charge in [-0.25, -0.2) is 9.97 Å². The van der Waals surface area contributed by atoms with Gasteiger partial charge in [0.2, 0.25) is 0 Å². The van der Waals surface area contributed by atoms with Crippen molar-refractivity contribution in [2.45, 2.75) is 0 Å². The molecular weight excluding hydrogens is 627 g/mol. The predicted octanol–water partition coefficient (Wildman–Crippen LogP) is 12.7. The monoisotopic (exact) mass is 653 g/mol. The number of aromatic nitrogens is 3. The van der Waals surface area contributed by atoms with E-state index in [1.54, 1.807) is 0 Å². The third kappa shape index (κ3) is 4.03. The molecule has 0 aliphatic rings. The molecule has 232 valence electrons. The van der Waals surface area contributed by atoms with Crippen LogP contribution in [0.1, 0.15) is 0 Å². The van der Waals surface area contributed by atoms with E-state index in [1.807, 2.05) is 23.5 Å². The lowest BCUT2D eigenvalue weighted by molar-refractivity contribution is 1.08. The number of hydrogen-bond acceptors (Lipinski definition) is 3. The van der Waals surface area contributed by atoms with Gasteiger partial charge in [-0.2, -0.15) is 0 Å². The second-order valence-corrected chi connectivity index (χ2v) is 14.0. The maximum atomic E-state index is 5.48. The third-order valence-electron chi connectivity index (χ3n) is 10.1. The molecule has 3 aromatic heterocycles. The lowest BCUT2D eigenvalue weighted by Crippen LogP contribution is -2.03. The van der Waals surface area contributed by atoms with E-state index >= 15 is 0 Å². The molecule has 0 unspecified atom stereocenters. The fourth-order valence-corrected chi connectivity index (χ4v) is 9.06. The zero-order valence-corrected chi connectivity index (χ0v) is 27.7. The zero-order chi connectivity index (χ0) is 32.8. The van der Waals surface area contributed by atoms with Crippen LogP contribution in [0.5, 0.6) is 0 Å². The molecule has 11 aromatic rings. The molecule has 0 spiro atoms. The van der Waals surface area contributed by atoms with Crippen LogP contribution in [0.2, 0.25) is 0 Å². The average molecular weight is 654 g/mol. The molecule has 8 aromatic carbocycles. The lowest BCUT2D eigenvalue weighted by atomic mass is 9.96. The first-order chi connectivity index (χ1) is 24.8. The van der Waals surface area contributed by atoms with Gasteiger partial charge in [-0.1, -0.05) is 121 Å². The summed E-state index contributed by atoms with van der Waals surface area (Å²) >= 11 is 1.83. The van der Waals surface area contributed by atoms with E-state index in [1.165, 1.54) is 63.6 Å². The Balaban J connectivity index is 1.30. The predicted molar refractivity (Wildman–Crippen MR) is 213 cm³/mol. The largest absolute Gasteiger partial charge is 0.292 e. The van der Waals surface area contributed by atoms with Crippen molar-refractivity contribution < 1.29 is 0 Å². The molecule has 4 heteroatoms. The van der Waals surface area contributed by atoms with Gasteiger partial charge >= 0.3 is 0 Å². The molecule has 0 aliphatic heterocycles. The maximum Gasteiger partial charge on any atom is 0.165 e. The van der Waals surface area contributed by atoms with Crippen molar-refractivity contribution in [2.24, 2.45) is 0 Å². The first-order valence-corrected chi connectivity index (χ1v) is 17.7. The number of thiophene rings is 1. The fraction of sp³-hybridized carbons (Fsp3) is 0. The second-order valence-electron chi connectivity index (χ2n) is 13.0. The Morgan fingerprint density at radius 1 is 0.440 bits per heavy atom. The summed E-state index contributed by atoms with van der Waals surface area (Å²) in [5, 5.41) is 9.81. The fourth-order valence-electron chi connectivity index (χ4n) is 7.84. The number of rotatable bonds is 3. The van der Waals surface area contributed by atoms with Crippen LogP contribution in [0.3, 0.4) is 0 Å². The summed E-state index contributed by atoms with van der Waals surface area (Å²) in [6.07, 6.45) is 0. The minimum Gasteiger partial charge on any atom is -0.292 e. The van der Waals surface area contributed by atoms with Gasteiger partial charge in [-0.05, 0) is 75.1 Å². The first kappa shape index (κ1) is 27.6. The van der Waals surface area contributed by atoms with Crippen LogP contribution >= 0.6 is 11.3 Å². The molecule has 0 aliphatic carbocycles. The molecule has 0 atom stereocenters. The molecular formula is C46H27N3S. The summed E-state index contributed by atoms with van der Waals surface area (Å²) in [5.74, 6) is 0.833. The highest BCUT2D eigenvalue weighted by Gasteiger charge is 2.23. The average Bonchev–Trinajstić information content (AvgIpc) is 3.72. The third-order valence-corrected chi connectivity index (χ3v) is 11.4. The van der Waals surface area contributed by atoms with Crippen LogP contribution in [0.4, 0.5) is 0 Å². The summed E-state index contributed by atoms with van der Waals surface area (Å²) in [6.45, 7) is 0. The molecule has 3 heterocycles. The molecule has 50 heavy (non-hydrogen) atoms. The standard InChI is InChI=1S/C46H27N3S/c1-2-12-29-25-32(24-23-28(29)11-1)33-16-10-21-40-43(33)37-26-30-13-3-4-14-31(30)27-41(37)49(40)46-44(47-38-19-6-7-20-39(38)48-46)36-18-9-17-35-34-15-5-8-22-42(34)50-45(35)36/h1-27H. The number of para-hydroxylation sites is 2. The molecule has 0 saturated carbocycles. The Morgan fingerprint density at radius 3 is 1.96 bits per heavy atom. The van der Waals surface area contributed by atoms with Crippen molar-refractivity contribution in [3.05, 3.63) is 164 Å². The molecule has 0 radical (unpaired) electrons. The van der Waals surface area contributed by atoms with E-state index < -0.39 is 0 Å². The number of hydrogen-bond donors (Lipinski definition) is 0. The van der Waals surface area contributed by atoms with E-state index in [9.17, 15) is 0 Å². The number of benzene rings is 8. The molecule has 0 bridgehead atoms. The summed E-state index contributed by atoms with van der Waals surface area (Å²) < 4.78 is 4.86. The minimum atomic E-state index is 0.833. The summed E-state index contributed by atoms with van der Waals surface area (Å²) in [6, 6.07) is 58.9. The van der Waals surface area contributed by atoms with Crippen molar-refractivity contribution in [1.82, 2.24) is 14.5 Å². The van der Waals surface area contributed by atoms with Crippen molar-refractivity contribution >= 4 is 85.9 Å². The van der Waals surface area contributed by atoms with E-state index in [-0.39, 0.29) is 0 Å². The second kappa shape index (κ2) is 10.6. The van der Waals surface area contributed by atoms with Crippen LogP contribution in [0.15, 0.2) is 164 Å². The lowest BCUT2D eigenvalue weighted by Gasteiger charge is -2.15. The van der Waals surface area contributed by atoms with Crippen molar-refractivity contribution in [3.63, 3.8) is 0 Å². The van der Waals surface area contributed by atoms with E-state index in [4.69, 9.17) is 9.97 Å². The Kier molecular flexibility index (Phi) is 5.83. The highest BCUT2D eigenvalue weighted by Crippen LogP contribution is 2.44. The number of nitrogens with zero attached hydrogens (tertiary/aromatic N) is 3. The van der Waals surface area contributed by atoms with E-state index in [0.29, 0.717) is 0 Å². The molecule has 3 nitrogen and oxygen atoms in total. The summed E-state index contributed by atoms with van der Waals surface area (Å²) in [4.78, 5) is 10.9. The SMILES string of the molecule is c1ccc2cc(-c3cccc4c3c3cc5ccccc5cc3n4-c3nc4ccccc4nc3-c3cccc4c3sc3ccccc34)ccc2c1. The van der Waals surface area contributed by atoms with Gasteiger partial charge in [-0.3, -0.25) is 4.57 Å². The summed E-state index contributed by atoms with van der Waals surface area (Å²) in [7, 11) is 0. The van der Waals surface area contributed by atoms with Gasteiger partial charge in [0.1, 0.15) is 5.69 Å². The van der Waals surface area contributed by atoms with Gasteiger partial charge < -0.3 is 0 Å². The van der Waals surface area contributed by atoms with Crippen LogP contribution in [0, 0.1) is 0 Å². The molecule has 0 N–H and O–H groups in total. The molecule has 0 saturated heterocycles. The Labute approximate surface area is 291 Å². The highest BCUT2D eigenvalue weighted by atomic mass is 32.1. The van der Waals surface area contributed by atoms with Crippen LogP contribution in [0.25, 0.3) is 103 Å². The van der Waals surface area contributed by atoms with Crippen LogP contribution in [-0.4, -0.2) is 14.5 Å². The van der Waals surface area contributed by atoms with Gasteiger partial charge in [0, 0.05) is 36.5 Å². The normalized spacial score (nSPS) is 12.0. The topological polar surface area (TPSA) is 30.7 Å². The Morgan fingerprint density at radius 2 is 1.10 bits per heavy atom. The van der Waals surface area contributed by atoms with Crippen LogP contribution < -0.4 is 0 Å². The minimum absolute atomic E-state index is 0.833. The van der Waals surface area contributed by atoms with Crippen LogP contribution in [-0.2, 0) is 0 Å². The maximum absolute atomic E-state index is 5.48. The van der Waals surface area contributed by atoms with Gasteiger partial charge in [0.05, 0.1) is 22.1 Å². The molecule has 0 fully saturated rings. The first-order valence-electron chi connectivity index (χ1n) is 16.9. The summed E-state index contributed by atoms with van der Waals surface area (Å²) in [5.41, 5.74) is 8.35. The Hall–Kier alpha value is -6.36. The van der Waals surface area contributed by atoms with Gasteiger partial charge in [0.15, 0.2) is 5.82 Å². The number of fused-ring (bicyclic) bond motifs is 9. The molecule has 0 amide bonds. The highest BCUT2D eigenvalue weighted by molar-refractivity contribution is 7.26. The van der Waals surface area contributed by atoms with Gasteiger partial charge in [0.25, 0.3) is 0 Å². The Bertz CT molecular complexity index is 3170. The smallest absolute Gasteiger partial charge is 0.165 e. The van der Waals surface area contributed by atoms with Crippen molar-refractivity contribution in [3.8, 4) is 28.2 Å². The van der Waals surface area contributed by atoms with E-state index in [2.05, 4.69) is 156 Å². The van der Waals surface area contributed by atoms with E-state index in [0.717, 1.165) is 39.1 Å². The van der Waals surface area contributed by atoms with Crippen molar-refractivity contribution in [1.29, 1.82) is 0 Å². The van der Waals surface area contributed by atoms with Crippen molar-refractivity contribution in [2.75, 3.05) is 0 Å². The molecule has 11 rings (SSSR count). The zero-order valence-electron chi connectivity index (χ0n) is 26.8. The van der Waals surface area contributed by atoms with Gasteiger partial charge in [-0.15, -0.1) is 11.3 Å². The quantitative estimate of drug-likeness (QED) is 0.190.